The highest BCUT2D eigenvalue weighted by atomic mass is 35.5. The third-order valence-corrected chi connectivity index (χ3v) is 10.5. The topological polar surface area (TPSA) is 152 Å². The Morgan fingerprint density at radius 3 is 2.67 bits per heavy atom. The summed E-state index contributed by atoms with van der Waals surface area (Å²) in [6.45, 7) is 5.37. The summed E-state index contributed by atoms with van der Waals surface area (Å²) in [6, 6.07) is 21.1. The summed E-state index contributed by atoms with van der Waals surface area (Å²) in [5, 5.41) is 34.4. The molecule has 262 valence electrons. The standard InChI is InChI=1S/C40H36ClN7O4/c1-23-29(5-2-6-30(23)39-46-33-17-24(15-27(18-42)37(33)52-39)21-48-13-4-9-34(48)40(50)51)31-7-3-8-32(35(31)41)45-38-36-26(10-12-43-38)16-25(19-44-36)20-47-14-11-28(49)22-47/h2-3,5-8,10,12,15-17,19,28,34,49H,4,9,11,13-14,20-22H2,1H3,(H,43,45)(H,50,51)/t28-,34-/m0/s1. The van der Waals surface area contributed by atoms with Crippen molar-refractivity contribution >= 4 is 51.1 Å². The van der Waals surface area contributed by atoms with E-state index in [-0.39, 0.29) is 6.10 Å². The predicted molar refractivity (Wildman–Crippen MR) is 199 cm³/mol. The SMILES string of the molecule is Cc1c(-c2nc3cc(CN4CCC[C@H]4C(=O)O)cc(C#N)c3o2)cccc1-c1cccc(Nc2nccc3cc(CN4CC[C@H](O)C4)cnc23)c1Cl. The molecule has 2 fully saturated rings. The molecular formula is C40H36ClN7O4. The van der Waals surface area contributed by atoms with Gasteiger partial charge in [0.15, 0.2) is 11.4 Å². The van der Waals surface area contributed by atoms with E-state index in [0.717, 1.165) is 70.2 Å². The van der Waals surface area contributed by atoms with Gasteiger partial charge in [0, 0.05) is 55.1 Å². The Balaban J connectivity index is 1.08. The number of aliphatic hydroxyl groups is 1. The number of hydrogen-bond donors (Lipinski definition) is 3. The zero-order valence-corrected chi connectivity index (χ0v) is 29.3. The van der Waals surface area contributed by atoms with Crippen molar-refractivity contribution in [2.24, 2.45) is 0 Å². The first-order chi connectivity index (χ1) is 25.2. The maximum absolute atomic E-state index is 11.7. The van der Waals surface area contributed by atoms with Crippen LogP contribution in [0.25, 0.3) is 44.6 Å². The molecule has 0 bridgehead atoms. The van der Waals surface area contributed by atoms with Crippen LogP contribution >= 0.6 is 11.6 Å². The van der Waals surface area contributed by atoms with Crippen molar-refractivity contribution in [1.29, 1.82) is 5.26 Å². The Kier molecular flexibility index (Phi) is 9.07. The van der Waals surface area contributed by atoms with Crippen LogP contribution < -0.4 is 5.32 Å². The number of carboxylic acid groups (broad SMARTS) is 1. The molecule has 0 aliphatic carbocycles. The molecule has 2 saturated heterocycles. The number of benzene rings is 3. The second-order valence-corrected chi connectivity index (χ2v) is 14.0. The summed E-state index contributed by atoms with van der Waals surface area (Å²) in [7, 11) is 0. The Morgan fingerprint density at radius 1 is 1.04 bits per heavy atom. The summed E-state index contributed by atoms with van der Waals surface area (Å²) in [5.41, 5.74) is 7.95. The predicted octanol–water partition coefficient (Wildman–Crippen LogP) is 7.30. The van der Waals surface area contributed by atoms with Gasteiger partial charge < -0.3 is 19.9 Å². The fraction of sp³-hybridized carbons (Fsp3) is 0.275. The summed E-state index contributed by atoms with van der Waals surface area (Å²) in [4.78, 5) is 30.1. The van der Waals surface area contributed by atoms with Gasteiger partial charge >= 0.3 is 5.97 Å². The molecule has 0 radical (unpaired) electrons. The number of carbonyl (C=O) groups is 1. The molecule has 3 N–H and O–H groups in total. The van der Waals surface area contributed by atoms with E-state index in [0.29, 0.717) is 65.1 Å². The molecule has 2 aliphatic heterocycles. The highest BCUT2D eigenvalue weighted by Gasteiger charge is 2.31. The maximum Gasteiger partial charge on any atom is 0.320 e. The second kappa shape index (κ2) is 14.0. The van der Waals surface area contributed by atoms with Gasteiger partial charge in [0.25, 0.3) is 0 Å². The van der Waals surface area contributed by atoms with Gasteiger partial charge in [-0.2, -0.15) is 5.26 Å². The van der Waals surface area contributed by atoms with Crippen molar-refractivity contribution in [2.75, 3.05) is 25.0 Å². The Labute approximate surface area is 305 Å². The lowest BCUT2D eigenvalue weighted by molar-refractivity contribution is -0.142. The number of pyridine rings is 2. The van der Waals surface area contributed by atoms with Gasteiger partial charge in [-0.05, 0) is 91.4 Å². The van der Waals surface area contributed by atoms with Gasteiger partial charge in [0.2, 0.25) is 5.89 Å². The number of aliphatic hydroxyl groups excluding tert-OH is 1. The lowest BCUT2D eigenvalue weighted by Gasteiger charge is -2.20. The van der Waals surface area contributed by atoms with Crippen molar-refractivity contribution in [1.82, 2.24) is 24.8 Å². The first-order valence-electron chi connectivity index (χ1n) is 17.4. The van der Waals surface area contributed by atoms with Gasteiger partial charge in [0.1, 0.15) is 23.1 Å². The molecule has 0 spiro atoms. The molecule has 11 nitrogen and oxygen atoms in total. The number of likely N-dealkylation sites (tertiary alicyclic amines) is 2. The van der Waals surface area contributed by atoms with Gasteiger partial charge in [-0.25, -0.2) is 9.97 Å². The number of carboxylic acids is 1. The molecule has 2 atom stereocenters. The van der Waals surface area contributed by atoms with Gasteiger partial charge in [0.05, 0.1) is 22.4 Å². The van der Waals surface area contributed by atoms with Crippen molar-refractivity contribution in [3.63, 3.8) is 0 Å². The number of hydrogen-bond acceptors (Lipinski definition) is 10. The second-order valence-electron chi connectivity index (χ2n) is 13.6. The summed E-state index contributed by atoms with van der Waals surface area (Å²) < 4.78 is 6.24. The van der Waals surface area contributed by atoms with Crippen molar-refractivity contribution in [3.8, 4) is 28.7 Å². The molecule has 8 rings (SSSR count). The van der Waals surface area contributed by atoms with Crippen molar-refractivity contribution < 1.29 is 19.4 Å². The summed E-state index contributed by atoms with van der Waals surface area (Å²) in [5.74, 6) is 0.142. The van der Waals surface area contributed by atoms with E-state index in [1.54, 1.807) is 12.3 Å². The zero-order valence-electron chi connectivity index (χ0n) is 28.5. The van der Waals surface area contributed by atoms with E-state index >= 15 is 0 Å². The number of aromatic nitrogens is 3. The van der Waals surface area contributed by atoms with Gasteiger partial charge in [-0.15, -0.1) is 0 Å². The lowest BCUT2D eigenvalue weighted by Crippen LogP contribution is -2.35. The normalized spacial score (nSPS) is 18.0. The molecule has 6 aromatic rings. The number of aliphatic carboxylic acids is 1. The molecule has 3 aromatic heterocycles. The minimum absolute atomic E-state index is 0.268. The molecular weight excluding hydrogens is 678 g/mol. The first kappa shape index (κ1) is 33.7. The van der Waals surface area contributed by atoms with E-state index in [1.165, 1.54) is 0 Å². The van der Waals surface area contributed by atoms with Crippen LogP contribution in [0.1, 0.15) is 41.5 Å². The largest absolute Gasteiger partial charge is 0.480 e. The number of halogens is 1. The number of oxazole rings is 1. The molecule has 0 unspecified atom stereocenters. The van der Waals surface area contributed by atoms with Crippen LogP contribution in [0.2, 0.25) is 5.02 Å². The summed E-state index contributed by atoms with van der Waals surface area (Å²) >= 11 is 7.12. The molecule has 3 aromatic carbocycles. The average Bonchev–Trinajstić information content (AvgIpc) is 3.89. The van der Waals surface area contributed by atoms with E-state index in [4.69, 9.17) is 26.0 Å². The van der Waals surface area contributed by atoms with E-state index in [1.807, 2.05) is 66.6 Å². The number of nitrogens with zero attached hydrogens (tertiary/aromatic N) is 6. The van der Waals surface area contributed by atoms with Crippen LogP contribution in [-0.2, 0) is 17.9 Å². The van der Waals surface area contributed by atoms with Crippen molar-refractivity contribution in [2.45, 2.75) is 51.4 Å². The maximum atomic E-state index is 11.7. The highest BCUT2D eigenvalue weighted by Crippen LogP contribution is 2.40. The fourth-order valence-electron chi connectivity index (χ4n) is 7.53. The average molecular weight is 714 g/mol. The van der Waals surface area contributed by atoms with Crippen LogP contribution in [0.4, 0.5) is 11.5 Å². The molecule has 5 heterocycles. The molecule has 0 amide bonds. The minimum Gasteiger partial charge on any atom is -0.480 e. The quantitative estimate of drug-likeness (QED) is 0.138. The van der Waals surface area contributed by atoms with Crippen LogP contribution in [-0.4, -0.2) is 72.7 Å². The van der Waals surface area contributed by atoms with E-state index < -0.39 is 12.0 Å². The molecule has 52 heavy (non-hydrogen) atoms. The molecule has 0 saturated carbocycles. The minimum atomic E-state index is -0.827. The molecule has 12 heteroatoms. The van der Waals surface area contributed by atoms with Gasteiger partial charge in [-0.1, -0.05) is 35.9 Å². The Bertz CT molecular complexity index is 2390. The van der Waals surface area contributed by atoms with Gasteiger partial charge in [-0.3, -0.25) is 19.6 Å². The number of fused-ring (bicyclic) bond motifs is 2. The molecule has 2 aliphatic rings. The van der Waals surface area contributed by atoms with Crippen molar-refractivity contribution in [3.05, 3.63) is 100 Å². The number of β-amino-alcohol motifs (C(OH)–C–C–N with tert-alkyl or cyclic N) is 1. The van der Waals surface area contributed by atoms with Crippen LogP contribution in [0.5, 0.6) is 0 Å². The van der Waals surface area contributed by atoms with Crippen LogP contribution in [0.3, 0.4) is 0 Å². The summed E-state index contributed by atoms with van der Waals surface area (Å²) in [6.07, 6.45) is 5.57. The van der Waals surface area contributed by atoms with E-state index in [9.17, 15) is 20.3 Å². The third kappa shape index (κ3) is 6.46. The van der Waals surface area contributed by atoms with Crippen LogP contribution in [0, 0.1) is 18.3 Å². The number of nitriles is 1. The smallest absolute Gasteiger partial charge is 0.320 e. The zero-order chi connectivity index (χ0) is 35.9. The monoisotopic (exact) mass is 713 g/mol. The number of anilines is 2. The fourth-order valence-corrected chi connectivity index (χ4v) is 7.81. The number of nitrogens with one attached hydrogen (secondary N) is 1. The highest BCUT2D eigenvalue weighted by molar-refractivity contribution is 6.36. The Morgan fingerprint density at radius 2 is 1.87 bits per heavy atom. The van der Waals surface area contributed by atoms with Crippen LogP contribution in [0.15, 0.2) is 77.5 Å². The lowest BCUT2D eigenvalue weighted by atomic mass is 9.96. The number of rotatable bonds is 9. The van der Waals surface area contributed by atoms with E-state index in [2.05, 4.69) is 27.3 Å². The first-order valence-corrected chi connectivity index (χ1v) is 17.7. The third-order valence-electron chi connectivity index (χ3n) is 10.1. The Hall–Kier alpha value is -5.38.